The summed E-state index contributed by atoms with van der Waals surface area (Å²) in [5, 5.41) is 21.9. The van der Waals surface area contributed by atoms with E-state index in [-0.39, 0.29) is 0 Å². The Morgan fingerprint density at radius 1 is 1.11 bits per heavy atom. The van der Waals surface area contributed by atoms with Gasteiger partial charge in [-0.25, -0.2) is 0 Å². The molecule has 0 saturated carbocycles. The first-order valence-electron chi connectivity index (χ1n) is 5.42. The molecule has 7 heteroatoms. The van der Waals surface area contributed by atoms with Gasteiger partial charge in [-0.3, -0.25) is 20.2 Å². The van der Waals surface area contributed by atoms with Gasteiger partial charge < -0.3 is 0 Å². The van der Waals surface area contributed by atoms with Crippen molar-refractivity contribution in [2.45, 2.75) is 12.1 Å². The van der Waals surface area contributed by atoms with Crippen molar-refractivity contribution in [1.29, 1.82) is 0 Å². The van der Waals surface area contributed by atoms with E-state index < -0.39 is 21.9 Å². The summed E-state index contributed by atoms with van der Waals surface area (Å²) in [6, 6.07) is 6.94. The third-order valence-electron chi connectivity index (χ3n) is 2.87. The maximum atomic E-state index is 11.0. The van der Waals surface area contributed by atoms with Crippen LogP contribution in [0.3, 0.4) is 0 Å². The van der Waals surface area contributed by atoms with Crippen molar-refractivity contribution in [2.24, 2.45) is 0 Å². The van der Waals surface area contributed by atoms with Gasteiger partial charge in [0.2, 0.25) is 0 Å². The van der Waals surface area contributed by atoms with E-state index in [1.54, 1.807) is 36.4 Å². The monoisotopic (exact) mass is 324 g/mol. The van der Waals surface area contributed by atoms with Crippen LogP contribution >= 0.6 is 15.9 Å². The summed E-state index contributed by atoms with van der Waals surface area (Å²) in [6.45, 7) is 0. The first kappa shape index (κ1) is 13.4. The number of nitrogens with zero attached hydrogens (tertiary/aromatic N) is 2. The Morgan fingerprint density at radius 2 is 1.74 bits per heavy atom. The summed E-state index contributed by atoms with van der Waals surface area (Å²) in [7, 11) is 0. The predicted molar refractivity (Wildman–Crippen MR) is 73.0 cm³/mol. The Hall–Kier alpha value is -2.02. The Labute approximate surface area is 116 Å². The second kappa shape index (κ2) is 5.31. The Balaban J connectivity index is 2.58. The largest absolute Gasteiger partial charge is 0.460 e. The van der Waals surface area contributed by atoms with Crippen LogP contribution in [0, 0.1) is 20.2 Å². The summed E-state index contributed by atoms with van der Waals surface area (Å²) >= 11 is 3.23. The van der Waals surface area contributed by atoms with Gasteiger partial charge in [0.25, 0.3) is 0 Å². The van der Waals surface area contributed by atoms with Crippen molar-refractivity contribution < 1.29 is 9.85 Å². The number of hydrogen-bond acceptors (Lipinski definition) is 4. The molecule has 1 atom stereocenters. The minimum absolute atomic E-state index is 0.576. The fraction of sp³-hybridized carbons (Fsp3) is 0.167. The maximum Gasteiger partial charge on any atom is 0.460 e. The van der Waals surface area contributed by atoms with E-state index in [1.165, 1.54) is 6.08 Å². The molecule has 0 amide bonds. The lowest BCUT2D eigenvalue weighted by atomic mass is 9.92. The Morgan fingerprint density at radius 3 is 2.37 bits per heavy atom. The van der Waals surface area contributed by atoms with Crippen molar-refractivity contribution in [2.75, 3.05) is 0 Å². The highest BCUT2D eigenvalue weighted by Crippen LogP contribution is 2.33. The van der Waals surface area contributed by atoms with Crippen molar-refractivity contribution in [3.63, 3.8) is 0 Å². The summed E-state index contributed by atoms with van der Waals surface area (Å²) in [5.74, 6) is -0.912. The zero-order valence-electron chi connectivity index (χ0n) is 9.60. The van der Waals surface area contributed by atoms with E-state index in [9.17, 15) is 20.2 Å². The molecular weight excluding hydrogens is 316 g/mol. The van der Waals surface area contributed by atoms with Crippen LogP contribution in [-0.2, 0) is 0 Å². The standard InChI is InChI=1S/C12H9BrN2O4/c13-9-6-5-8-3-1-2-4-10(8)11(7-9)12(14(16)17)15(18)19/h1-7,11-12H. The number of allylic oxidation sites excluding steroid dienone is 2. The molecule has 1 aromatic rings. The van der Waals surface area contributed by atoms with Crippen LogP contribution in [0.4, 0.5) is 0 Å². The molecule has 0 heterocycles. The van der Waals surface area contributed by atoms with E-state index in [2.05, 4.69) is 15.9 Å². The first-order valence-corrected chi connectivity index (χ1v) is 6.21. The van der Waals surface area contributed by atoms with Crippen molar-refractivity contribution >= 4 is 22.0 Å². The van der Waals surface area contributed by atoms with Gasteiger partial charge in [0.1, 0.15) is 5.92 Å². The average molecular weight is 325 g/mol. The highest BCUT2D eigenvalue weighted by atomic mass is 79.9. The first-order chi connectivity index (χ1) is 9.00. The maximum absolute atomic E-state index is 11.0. The van der Waals surface area contributed by atoms with Gasteiger partial charge in [-0.1, -0.05) is 46.3 Å². The fourth-order valence-corrected chi connectivity index (χ4v) is 2.46. The summed E-state index contributed by atoms with van der Waals surface area (Å²) in [5.41, 5.74) is 1.32. The Kier molecular flexibility index (Phi) is 3.75. The van der Waals surface area contributed by atoms with Crippen LogP contribution in [0.25, 0.3) is 6.08 Å². The van der Waals surface area contributed by atoms with E-state index in [0.717, 1.165) is 5.56 Å². The molecule has 1 aliphatic carbocycles. The highest BCUT2D eigenvalue weighted by molar-refractivity contribution is 9.11. The third-order valence-corrected chi connectivity index (χ3v) is 3.40. The average Bonchev–Trinajstić information content (AvgIpc) is 2.49. The summed E-state index contributed by atoms with van der Waals surface area (Å²) < 4.78 is 0.586. The van der Waals surface area contributed by atoms with Gasteiger partial charge in [0, 0.05) is 4.48 Å². The van der Waals surface area contributed by atoms with Crippen LogP contribution in [0.1, 0.15) is 17.0 Å². The lowest BCUT2D eigenvalue weighted by molar-refractivity contribution is -0.744. The zero-order valence-corrected chi connectivity index (χ0v) is 11.2. The van der Waals surface area contributed by atoms with Crippen LogP contribution in [0.15, 0.2) is 40.9 Å². The van der Waals surface area contributed by atoms with Gasteiger partial charge in [-0.2, -0.15) is 0 Å². The summed E-state index contributed by atoms with van der Waals surface area (Å²) in [4.78, 5) is 20.2. The molecule has 98 valence electrons. The topological polar surface area (TPSA) is 86.3 Å². The molecule has 0 N–H and O–H groups in total. The molecular formula is C12H9BrN2O4. The van der Waals surface area contributed by atoms with Crippen LogP contribution in [-0.4, -0.2) is 16.0 Å². The number of hydrogen-bond donors (Lipinski definition) is 0. The molecule has 1 aromatic carbocycles. The van der Waals surface area contributed by atoms with Crippen LogP contribution in [0.5, 0.6) is 0 Å². The lowest BCUT2D eigenvalue weighted by Gasteiger charge is -2.13. The molecule has 0 spiro atoms. The molecule has 1 aliphatic rings. The van der Waals surface area contributed by atoms with Crippen LogP contribution < -0.4 is 0 Å². The molecule has 0 radical (unpaired) electrons. The Bertz CT molecular complexity index is 583. The van der Waals surface area contributed by atoms with E-state index in [4.69, 9.17) is 0 Å². The second-order valence-electron chi connectivity index (χ2n) is 4.02. The number of benzene rings is 1. The quantitative estimate of drug-likeness (QED) is 0.486. The van der Waals surface area contributed by atoms with Crippen molar-refractivity contribution in [3.05, 3.63) is 72.3 Å². The molecule has 0 bridgehead atoms. The van der Waals surface area contributed by atoms with E-state index in [1.807, 2.05) is 0 Å². The van der Waals surface area contributed by atoms with E-state index >= 15 is 0 Å². The zero-order chi connectivity index (χ0) is 14.0. The van der Waals surface area contributed by atoms with Crippen molar-refractivity contribution in [1.82, 2.24) is 0 Å². The third kappa shape index (κ3) is 2.70. The highest BCUT2D eigenvalue weighted by Gasteiger charge is 2.43. The van der Waals surface area contributed by atoms with Gasteiger partial charge in [0.15, 0.2) is 0 Å². The molecule has 0 aliphatic heterocycles. The number of nitro groups is 2. The normalized spacial score (nSPS) is 17.6. The molecule has 2 rings (SSSR count). The fourth-order valence-electron chi connectivity index (χ4n) is 2.04. The molecule has 6 nitrogen and oxygen atoms in total. The minimum atomic E-state index is -1.89. The van der Waals surface area contributed by atoms with Crippen molar-refractivity contribution in [3.8, 4) is 0 Å². The second-order valence-corrected chi connectivity index (χ2v) is 4.94. The predicted octanol–water partition coefficient (Wildman–Crippen LogP) is 2.96. The van der Waals surface area contributed by atoms with Gasteiger partial charge in [-0.05, 0) is 23.3 Å². The molecule has 0 fully saturated rings. The van der Waals surface area contributed by atoms with Gasteiger partial charge >= 0.3 is 6.17 Å². The molecule has 1 unspecified atom stereocenters. The van der Waals surface area contributed by atoms with Gasteiger partial charge in [-0.15, -0.1) is 0 Å². The number of fused-ring (bicyclic) bond motifs is 1. The lowest BCUT2D eigenvalue weighted by Crippen LogP contribution is -2.34. The minimum Gasteiger partial charge on any atom is -0.259 e. The SMILES string of the molecule is O=[N+]([O-])C(C1C=C(Br)C=Cc2ccccc21)[N+](=O)[O-]. The number of rotatable bonds is 3. The van der Waals surface area contributed by atoms with Crippen LogP contribution in [0.2, 0.25) is 0 Å². The smallest absolute Gasteiger partial charge is 0.259 e. The molecule has 0 aromatic heterocycles. The number of halogens is 1. The summed E-state index contributed by atoms with van der Waals surface area (Å²) in [6.07, 6.45) is 3.09. The van der Waals surface area contributed by atoms with Gasteiger partial charge in [0.05, 0.1) is 9.85 Å². The molecule has 0 saturated heterocycles. The molecule has 19 heavy (non-hydrogen) atoms. The van der Waals surface area contributed by atoms with E-state index in [0.29, 0.717) is 10.0 Å².